The van der Waals surface area contributed by atoms with Gasteiger partial charge in [-0.3, -0.25) is 14.9 Å². The summed E-state index contributed by atoms with van der Waals surface area (Å²) in [6.45, 7) is 4.48. The largest absolute Gasteiger partial charge is 0.481 e. The molecular formula is C14H24N2O5. The molecule has 0 atom stereocenters. The molecule has 2 N–H and O–H groups in total. The molecule has 0 spiro atoms. The van der Waals surface area contributed by atoms with Gasteiger partial charge in [0.1, 0.15) is 0 Å². The fourth-order valence-electron chi connectivity index (χ4n) is 2.44. The molecule has 21 heavy (non-hydrogen) atoms. The van der Waals surface area contributed by atoms with E-state index < -0.39 is 23.3 Å². The average Bonchev–Trinajstić information content (AvgIpc) is 2.36. The number of carbonyl (C=O) groups is 3. The molecule has 0 aromatic heterocycles. The number of imide groups is 1. The van der Waals surface area contributed by atoms with Gasteiger partial charge < -0.3 is 14.7 Å². The van der Waals surface area contributed by atoms with Crippen LogP contribution in [0.2, 0.25) is 0 Å². The highest BCUT2D eigenvalue weighted by Gasteiger charge is 2.28. The summed E-state index contributed by atoms with van der Waals surface area (Å²) in [6.07, 6.45) is 1.55. The van der Waals surface area contributed by atoms with Crippen molar-refractivity contribution in [3.63, 3.8) is 0 Å². The number of carboxylic acid groups (broad SMARTS) is 1. The zero-order valence-electron chi connectivity index (χ0n) is 12.8. The maximum Gasteiger partial charge on any atom is 0.324 e. The van der Waals surface area contributed by atoms with E-state index in [9.17, 15) is 14.4 Å². The second-order valence-electron chi connectivity index (χ2n) is 6.19. The maximum atomic E-state index is 11.9. The van der Waals surface area contributed by atoms with Crippen molar-refractivity contribution in [2.45, 2.75) is 45.6 Å². The van der Waals surface area contributed by atoms with Gasteiger partial charge in [-0.05, 0) is 18.3 Å². The van der Waals surface area contributed by atoms with Gasteiger partial charge in [-0.2, -0.15) is 0 Å². The highest BCUT2D eigenvalue weighted by Crippen LogP contribution is 2.24. The molecule has 1 fully saturated rings. The summed E-state index contributed by atoms with van der Waals surface area (Å²) in [4.78, 5) is 36.1. The zero-order valence-corrected chi connectivity index (χ0v) is 12.8. The summed E-state index contributed by atoms with van der Waals surface area (Å²) in [7, 11) is 1.65. The van der Waals surface area contributed by atoms with Gasteiger partial charge in [-0.25, -0.2) is 4.79 Å². The first-order valence-electron chi connectivity index (χ1n) is 7.07. The smallest absolute Gasteiger partial charge is 0.324 e. The molecule has 3 amide bonds. The number of nitrogens with one attached hydrogen (secondary N) is 1. The first-order chi connectivity index (χ1) is 9.73. The lowest BCUT2D eigenvalue weighted by Gasteiger charge is -2.31. The highest BCUT2D eigenvalue weighted by atomic mass is 16.5. The first kappa shape index (κ1) is 17.4. The van der Waals surface area contributed by atoms with Crippen LogP contribution in [0, 0.1) is 5.41 Å². The lowest BCUT2D eigenvalue weighted by Crippen LogP contribution is -2.48. The summed E-state index contributed by atoms with van der Waals surface area (Å²) < 4.78 is 5.22. The van der Waals surface area contributed by atoms with Crippen LogP contribution in [-0.2, 0) is 14.3 Å². The Kier molecular flexibility index (Phi) is 6.14. The van der Waals surface area contributed by atoms with E-state index in [1.807, 2.05) is 0 Å². The van der Waals surface area contributed by atoms with E-state index in [4.69, 9.17) is 9.84 Å². The van der Waals surface area contributed by atoms with Crippen LogP contribution >= 0.6 is 0 Å². The summed E-state index contributed by atoms with van der Waals surface area (Å²) >= 11 is 0. The molecule has 1 aliphatic rings. The molecule has 0 radical (unpaired) electrons. The van der Waals surface area contributed by atoms with Crippen molar-refractivity contribution in [1.29, 1.82) is 0 Å². The van der Waals surface area contributed by atoms with E-state index in [1.165, 1.54) is 0 Å². The second kappa shape index (κ2) is 7.40. The molecule has 0 unspecified atom stereocenters. The number of rotatable bonds is 5. The van der Waals surface area contributed by atoms with Gasteiger partial charge in [0.25, 0.3) is 0 Å². The number of aliphatic carboxylic acids is 1. The molecule has 1 rings (SSSR count). The van der Waals surface area contributed by atoms with E-state index in [2.05, 4.69) is 5.32 Å². The van der Waals surface area contributed by atoms with Gasteiger partial charge in [0, 0.05) is 26.6 Å². The third-order valence-corrected chi connectivity index (χ3v) is 3.58. The van der Waals surface area contributed by atoms with Crippen molar-refractivity contribution >= 4 is 17.9 Å². The number of hydrogen-bond acceptors (Lipinski definition) is 4. The van der Waals surface area contributed by atoms with E-state index in [0.29, 0.717) is 13.1 Å². The van der Waals surface area contributed by atoms with Crippen molar-refractivity contribution in [3.05, 3.63) is 0 Å². The lowest BCUT2D eigenvalue weighted by molar-refractivity contribution is -0.139. The number of amides is 3. The Labute approximate surface area is 124 Å². The number of hydrogen-bond donors (Lipinski definition) is 2. The van der Waals surface area contributed by atoms with Crippen LogP contribution < -0.4 is 5.32 Å². The number of carbonyl (C=O) groups excluding carboxylic acids is 2. The van der Waals surface area contributed by atoms with Crippen molar-refractivity contribution in [2.24, 2.45) is 5.41 Å². The van der Waals surface area contributed by atoms with E-state index >= 15 is 0 Å². The predicted molar refractivity (Wildman–Crippen MR) is 75.8 cm³/mol. The number of carboxylic acids is 1. The molecule has 1 aliphatic heterocycles. The Morgan fingerprint density at radius 2 is 1.81 bits per heavy atom. The zero-order chi connectivity index (χ0) is 16.0. The van der Waals surface area contributed by atoms with Crippen molar-refractivity contribution in [3.8, 4) is 0 Å². The molecule has 1 heterocycles. The number of ether oxygens (including phenoxy) is 1. The molecule has 120 valence electrons. The quantitative estimate of drug-likeness (QED) is 0.796. The summed E-state index contributed by atoms with van der Waals surface area (Å²) in [5.74, 6) is -1.40. The van der Waals surface area contributed by atoms with Gasteiger partial charge in [-0.1, -0.05) is 13.8 Å². The van der Waals surface area contributed by atoms with E-state index in [-0.39, 0.29) is 18.9 Å². The number of piperidine rings is 1. The van der Waals surface area contributed by atoms with Crippen LogP contribution in [0.15, 0.2) is 0 Å². The topological polar surface area (TPSA) is 95.9 Å². The van der Waals surface area contributed by atoms with Crippen LogP contribution in [-0.4, -0.2) is 54.2 Å². The molecule has 1 saturated heterocycles. The summed E-state index contributed by atoms with van der Waals surface area (Å²) in [6, 6.07) is -0.416. The van der Waals surface area contributed by atoms with Crippen molar-refractivity contribution < 1.29 is 24.2 Å². The van der Waals surface area contributed by atoms with Crippen molar-refractivity contribution in [2.75, 3.05) is 20.2 Å². The van der Waals surface area contributed by atoms with Crippen LogP contribution in [0.25, 0.3) is 0 Å². The minimum Gasteiger partial charge on any atom is -0.481 e. The third-order valence-electron chi connectivity index (χ3n) is 3.58. The fourth-order valence-corrected chi connectivity index (χ4v) is 2.44. The number of urea groups is 1. The Bertz CT molecular complexity index is 400. The third kappa shape index (κ3) is 6.12. The Hall–Kier alpha value is -1.63. The molecule has 7 heteroatoms. The van der Waals surface area contributed by atoms with Crippen molar-refractivity contribution in [1.82, 2.24) is 10.2 Å². The Balaban J connectivity index is 2.41. The van der Waals surface area contributed by atoms with Crippen LogP contribution in [0.1, 0.15) is 39.5 Å². The molecular weight excluding hydrogens is 276 g/mol. The maximum absolute atomic E-state index is 11.9. The molecule has 0 saturated carbocycles. The molecule has 0 aliphatic carbocycles. The number of methoxy groups -OCH3 is 1. The second-order valence-corrected chi connectivity index (χ2v) is 6.19. The Morgan fingerprint density at radius 1 is 1.24 bits per heavy atom. The lowest BCUT2D eigenvalue weighted by atomic mass is 9.85. The Morgan fingerprint density at radius 3 is 2.29 bits per heavy atom. The van der Waals surface area contributed by atoms with Gasteiger partial charge in [-0.15, -0.1) is 0 Å². The molecule has 7 nitrogen and oxygen atoms in total. The minimum atomic E-state index is -0.958. The average molecular weight is 300 g/mol. The monoisotopic (exact) mass is 300 g/mol. The van der Waals surface area contributed by atoms with Crippen LogP contribution in [0.5, 0.6) is 0 Å². The number of nitrogens with zero attached hydrogens (tertiary/aromatic N) is 1. The van der Waals surface area contributed by atoms with Gasteiger partial charge in [0.2, 0.25) is 5.91 Å². The van der Waals surface area contributed by atoms with Crippen LogP contribution in [0.4, 0.5) is 4.79 Å². The van der Waals surface area contributed by atoms with Gasteiger partial charge in [0.15, 0.2) is 0 Å². The SMILES string of the molecule is COC1CCN(C(=O)NC(=O)CC(C)(C)CC(=O)O)CC1. The highest BCUT2D eigenvalue weighted by molar-refractivity contribution is 5.94. The minimum absolute atomic E-state index is 0.000421. The molecule has 0 aromatic carbocycles. The summed E-state index contributed by atoms with van der Waals surface area (Å²) in [5, 5.41) is 11.1. The summed E-state index contributed by atoms with van der Waals surface area (Å²) in [5.41, 5.74) is -0.681. The fraction of sp³-hybridized carbons (Fsp3) is 0.786. The standard InChI is InChI=1S/C14H24N2O5/c1-14(2,9-12(18)19)8-11(17)15-13(20)16-6-4-10(21-3)5-7-16/h10H,4-9H2,1-3H3,(H,18,19)(H,15,17,20). The number of likely N-dealkylation sites (tertiary alicyclic amines) is 1. The van der Waals surface area contributed by atoms with Gasteiger partial charge >= 0.3 is 12.0 Å². The normalized spacial score (nSPS) is 16.6. The molecule has 0 bridgehead atoms. The van der Waals surface area contributed by atoms with E-state index in [1.54, 1.807) is 25.9 Å². The van der Waals surface area contributed by atoms with Crippen LogP contribution in [0.3, 0.4) is 0 Å². The predicted octanol–water partition coefficient (Wildman–Crippen LogP) is 1.22. The van der Waals surface area contributed by atoms with E-state index in [0.717, 1.165) is 12.8 Å². The molecule has 0 aromatic rings. The first-order valence-corrected chi connectivity index (χ1v) is 7.07. The van der Waals surface area contributed by atoms with Gasteiger partial charge in [0.05, 0.1) is 12.5 Å².